The molecule has 0 fully saturated rings. The summed E-state index contributed by atoms with van der Waals surface area (Å²) in [6.07, 6.45) is 3.61. The highest BCUT2D eigenvalue weighted by Crippen LogP contribution is 2.28. The molecular formula is C24H21N3O5S. The summed E-state index contributed by atoms with van der Waals surface area (Å²) in [4.78, 5) is 29.8. The van der Waals surface area contributed by atoms with Gasteiger partial charge in [0.1, 0.15) is 18.1 Å². The molecule has 0 saturated heterocycles. The second-order valence-electron chi connectivity index (χ2n) is 7.01. The van der Waals surface area contributed by atoms with Gasteiger partial charge in [-0.15, -0.1) is 0 Å². The smallest absolute Gasteiger partial charge is 0.296 e. The van der Waals surface area contributed by atoms with Crippen molar-refractivity contribution in [1.82, 2.24) is 14.6 Å². The van der Waals surface area contributed by atoms with Gasteiger partial charge in [-0.3, -0.25) is 9.59 Å². The van der Waals surface area contributed by atoms with Gasteiger partial charge in [0.25, 0.3) is 11.1 Å². The molecular weight excluding hydrogens is 442 g/mol. The third-order valence-corrected chi connectivity index (χ3v) is 5.77. The van der Waals surface area contributed by atoms with Crippen LogP contribution in [0.5, 0.6) is 17.2 Å². The third-order valence-electron chi connectivity index (χ3n) is 4.82. The van der Waals surface area contributed by atoms with Gasteiger partial charge in [-0.05, 0) is 41.5 Å². The molecule has 0 N–H and O–H groups in total. The molecule has 4 aromatic rings. The van der Waals surface area contributed by atoms with Crippen molar-refractivity contribution < 1.29 is 14.2 Å². The molecule has 0 bridgehead atoms. The molecule has 0 saturated carbocycles. The molecule has 0 aliphatic rings. The molecule has 0 spiro atoms. The molecule has 2 heterocycles. The fraction of sp³-hybridized carbons (Fsp3) is 0.167. The van der Waals surface area contributed by atoms with Crippen molar-refractivity contribution in [3.05, 3.63) is 97.2 Å². The molecule has 4 rings (SSSR count). The molecule has 2 aromatic carbocycles. The van der Waals surface area contributed by atoms with Crippen molar-refractivity contribution in [2.45, 2.75) is 6.42 Å². The van der Waals surface area contributed by atoms with Gasteiger partial charge in [-0.2, -0.15) is 14.6 Å². The molecule has 0 atom stereocenters. The lowest BCUT2D eigenvalue weighted by molar-refractivity contribution is 0.354. The van der Waals surface area contributed by atoms with Gasteiger partial charge in [-0.25, -0.2) is 0 Å². The maximum Gasteiger partial charge on any atom is 0.296 e. The number of methoxy groups -OCH3 is 2. The Labute approximate surface area is 193 Å². The zero-order valence-electron chi connectivity index (χ0n) is 18.1. The molecule has 0 aliphatic carbocycles. The summed E-state index contributed by atoms with van der Waals surface area (Å²) in [7, 11) is 3.09. The van der Waals surface area contributed by atoms with E-state index in [4.69, 9.17) is 14.2 Å². The van der Waals surface area contributed by atoms with Crippen molar-refractivity contribution in [1.29, 1.82) is 0 Å². The zero-order chi connectivity index (χ0) is 23.4. The van der Waals surface area contributed by atoms with Gasteiger partial charge in [0.15, 0.2) is 11.5 Å². The average Bonchev–Trinajstić information content (AvgIpc) is 3.12. The normalized spacial score (nSPS) is 11.5. The molecule has 33 heavy (non-hydrogen) atoms. The van der Waals surface area contributed by atoms with Crippen LogP contribution in [0.25, 0.3) is 11.0 Å². The van der Waals surface area contributed by atoms with Gasteiger partial charge >= 0.3 is 0 Å². The van der Waals surface area contributed by atoms with E-state index in [0.29, 0.717) is 28.4 Å². The van der Waals surface area contributed by atoms with Gasteiger partial charge in [0.2, 0.25) is 4.96 Å². The quantitative estimate of drug-likeness (QED) is 0.370. The van der Waals surface area contributed by atoms with Gasteiger partial charge < -0.3 is 14.2 Å². The molecule has 0 aliphatic heterocycles. The van der Waals surface area contributed by atoms with E-state index >= 15 is 0 Å². The second kappa shape index (κ2) is 9.66. The summed E-state index contributed by atoms with van der Waals surface area (Å²) in [5.41, 5.74) is 0.972. The van der Waals surface area contributed by atoms with Crippen LogP contribution in [0.3, 0.4) is 0 Å². The van der Waals surface area contributed by atoms with E-state index in [1.54, 1.807) is 31.4 Å². The minimum atomic E-state index is -0.471. The van der Waals surface area contributed by atoms with Gasteiger partial charge in [0, 0.05) is 6.42 Å². The predicted molar refractivity (Wildman–Crippen MR) is 127 cm³/mol. The van der Waals surface area contributed by atoms with Crippen molar-refractivity contribution in [3.8, 4) is 17.2 Å². The number of hydrogen-bond acceptors (Lipinski definition) is 8. The number of aromatic nitrogens is 3. The van der Waals surface area contributed by atoms with Crippen LogP contribution in [-0.2, 0) is 6.42 Å². The topological polar surface area (TPSA) is 92.0 Å². The summed E-state index contributed by atoms with van der Waals surface area (Å²) in [6, 6.07) is 12.6. The standard InChI is InChI=1S/C24H21N3O5S/c1-4-11-32-17-8-5-15(6-9-17)14-21-23(29)27-24(33-21)25-22(28)18(26-27)12-16-7-10-19(30-2)20(13-16)31-3/h4-10,13-14H,1,11-12H2,2-3H3/b21-14-. The average molecular weight is 464 g/mol. The number of nitrogens with zero attached hydrogens (tertiary/aromatic N) is 3. The van der Waals surface area contributed by atoms with E-state index in [9.17, 15) is 9.59 Å². The lowest BCUT2D eigenvalue weighted by Crippen LogP contribution is -2.28. The fourth-order valence-corrected chi connectivity index (χ4v) is 4.11. The molecule has 2 aromatic heterocycles. The SMILES string of the molecule is C=CCOc1ccc(/C=c2\sc3nc(=O)c(Cc4ccc(OC)c(OC)c4)nn3c2=O)cc1. The molecule has 9 heteroatoms. The predicted octanol–water partition coefficient (Wildman–Crippen LogP) is 2.23. The number of rotatable bonds is 8. The van der Waals surface area contributed by atoms with Crippen LogP contribution in [0.4, 0.5) is 0 Å². The van der Waals surface area contributed by atoms with Crippen molar-refractivity contribution in [2.24, 2.45) is 0 Å². The molecule has 0 unspecified atom stereocenters. The Balaban J connectivity index is 1.68. The minimum absolute atomic E-state index is 0.171. The van der Waals surface area contributed by atoms with Crippen molar-refractivity contribution in [3.63, 3.8) is 0 Å². The van der Waals surface area contributed by atoms with Crippen LogP contribution in [0.15, 0.2) is 64.7 Å². The highest BCUT2D eigenvalue weighted by molar-refractivity contribution is 7.15. The van der Waals surface area contributed by atoms with Gasteiger partial charge in [0.05, 0.1) is 18.8 Å². The van der Waals surface area contributed by atoms with E-state index in [0.717, 1.165) is 22.5 Å². The summed E-state index contributed by atoms with van der Waals surface area (Å²) in [5, 5.41) is 4.30. The number of fused-ring (bicyclic) bond motifs is 1. The first-order valence-corrected chi connectivity index (χ1v) is 10.8. The highest BCUT2D eigenvalue weighted by Gasteiger charge is 2.13. The molecule has 8 nitrogen and oxygen atoms in total. The monoisotopic (exact) mass is 463 g/mol. The van der Waals surface area contributed by atoms with Gasteiger partial charge in [-0.1, -0.05) is 42.2 Å². The molecule has 0 amide bonds. The first-order chi connectivity index (χ1) is 16.0. The van der Waals surface area contributed by atoms with Crippen LogP contribution in [-0.4, -0.2) is 35.4 Å². The third kappa shape index (κ3) is 4.78. The number of benzene rings is 2. The highest BCUT2D eigenvalue weighted by atomic mass is 32.1. The number of hydrogen-bond donors (Lipinski definition) is 0. The van der Waals surface area contributed by atoms with E-state index in [1.807, 2.05) is 30.3 Å². The molecule has 168 valence electrons. The number of ether oxygens (including phenoxy) is 3. The van der Waals surface area contributed by atoms with E-state index in [2.05, 4.69) is 16.7 Å². The minimum Gasteiger partial charge on any atom is -0.493 e. The van der Waals surface area contributed by atoms with Crippen molar-refractivity contribution in [2.75, 3.05) is 20.8 Å². The maximum atomic E-state index is 12.9. The first-order valence-electron chi connectivity index (χ1n) is 10.0. The lowest BCUT2D eigenvalue weighted by atomic mass is 10.1. The fourth-order valence-electron chi connectivity index (χ4n) is 3.20. The Kier molecular flexibility index (Phi) is 6.50. The second-order valence-corrected chi connectivity index (χ2v) is 8.02. The summed E-state index contributed by atoms with van der Waals surface area (Å²) in [5.74, 6) is 1.83. The first kappa shape index (κ1) is 22.2. The van der Waals surface area contributed by atoms with Crippen molar-refractivity contribution >= 4 is 22.4 Å². The van der Waals surface area contributed by atoms with Crippen LogP contribution in [0.1, 0.15) is 16.8 Å². The number of thiazole rings is 1. The van der Waals surface area contributed by atoms with Crippen LogP contribution in [0, 0.1) is 0 Å². The Morgan fingerprint density at radius 1 is 1.06 bits per heavy atom. The summed E-state index contributed by atoms with van der Waals surface area (Å²) < 4.78 is 17.6. The van der Waals surface area contributed by atoms with Crippen LogP contribution >= 0.6 is 11.3 Å². The van der Waals surface area contributed by atoms with Crippen LogP contribution < -0.4 is 29.9 Å². The van der Waals surface area contributed by atoms with E-state index in [1.165, 1.54) is 11.6 Å². The Bertz CT molecular complexity index is 1480. The Morgan fingerprint density at radius 2 is 1.82 bits per heavy atom. The maximum absolute atomic E-state index is 12.9. The largest absolute Gasteiger partial charge is 0.493 e. The Hall–Kier alpha value is -3.98. The lowest BCUT2D eigenvalue weighted by Gasteiger charge is -2.09. The van der Waals surface area contributed by atoms with E-state index in [-0.39, 0.29) is 22.6 Å². The van der Waals surface area contributed by atoms with Crippen LogP contribution in [0.2, 0.25) is 0 Å². The summed E-state index contributed by atoms with van der Waals surface area (Å²) in [6.45, 7) is 4.04. The Morgan fingerprint density at radius 3 is 2.52 bits per heavy atom. The summed E-state index contributed by atoms with van der Waals surface area (Å²) >= 11 is 1.12. The zero-order valence-corrected chi connectivity index (χ0v) is 18.9. The van der Waals surface area contributed by atoms with E-state index < -0.39 is 5.56 Å². The molecule has 0 radical (unpaired) electrons.